The van der Waals surface area contributed by atoms with Crippen LogP contribution in [0.2, 0.25) is 0 Å². The van der Waals surface area contributed by atoms with Gasteiger partial charge in [-0.3, -0.25) is 0 Å². The van der Waals surface area contributed by atoms with Gasteiger partial charge in [0.1, 0.15) is 17.3 Å². The highest BCUT2D eigenvalue weighted by molar-refractivity contribution is 5.65. The molecule has 0 unspecified atom stereocenters. The molecule has 0 radical (unpaired) electrons. The van der Waals surface area contributed by atoms with Gasteiger partial charge in [-0.2, -0.15) is 0 Å². The first-order valence-corrected chi connectivity index (χ1v) is 7.31. The number of methoxy groups -OCH3 is 2. The molecule has 0 bridgehead atoms. The standard InChI is InChI=1S/C19H18N2O2/c1-22-16-11-9-14(10-12-16)18-7-4-8-19(21-18)20-15-5-3-6-17(13-15)23-2/h3-13H,1-2H3,(H,20,21). The molecule has 0 atom stereocenters. The summed E-state index contributed by atoms with van der Waals surface area (Å²) in [7, 11) is 3.31. The molecular formula is C19H18N2O2. The number of ether oxygens (including phenoxy) is 2. The molecule has 1 N–H and O–H groups in total. The minimum atomic E-state index is 0.784. The van der Waals surface area contributed by atoms with E-state index in [1.807, 2.05) is 66.7 Å². The summed E-state index contributed by atoms with van der Waals surface area (Å²) in [6.45, 7) is 0. The number of aromatic nitrogens is 1. The summed E-state index contributed by atoms with van der Waals surface area (Å²) in [6, 6.07) is 21.5. The first-order chi connectivity index (χ1) is 11.3. The molecule has 116 valence electrons. The van der Waals surface area contributed by atoms with E-state index in [1.165, 1.54) is 0 Å². The van der Waals surface area contributed by atoms with Gasteiger partial charge >= 0.3 is 0 Å². The van der Waals surface area contributed by atoms with Gasteiger partial charge in [0.2, 0.25) is 0 Å². The third kappa shape index (κ3) is 3.61. The molecule has 0 aliphatic carbocycles. The van der Waals surface area contributed by atoms with Crippen molar-refractivity contribution >= 4 is 11.5 Å². The van der Waals surface area contributed by atoms with E-state index in [0.29, 0.717) is 0 Å². The molecule has 2 aromatic carbocycles. The molecule has 0 amide bonds. The maximum atomic E-state index is 5.24. The minimum absolute atomic E-state index is 0.784. The number of rotatable bonds is 5. The Balaban J connectivity index is 1.84. The van der Waals surface area contributed by atoms with Crippen LogP contribution >= 0.6 is 0 Å². The fraction of sp³-hybridized carbons (Fsp3) is 0.105. The lowest BCUT2D eigenvalue weighted by atomic mass is 10.1. The molecule has 0 aliphatic heterocycles. The molecule has 1 heterocycles. The van der Waals surface area contributed by atoms with Gasteiger partial charge in [-0.1, -0.05) is 12.1 Å². The zero-order valence-electron chi connectivity index (χ0n) is 13.1. The molecule has 0 fully saturated rings. The van der Waals surface area contributed by atoms with Gasteiger partial charge in [-0.05, 0) is 48.5 Å². The number of benzene rings is 2. The predicted molar refractivity (Wildman–Crippen MR) is 92.5 cm³/mol. The van der Waals surface area contributed by atoms with Crippen LogP contribution in [0.1, 0.15) is 0 Å². The number of anilines is 2. The van der Waals surface area contributed by atoms with E-state index in [0.717, 1.165) is 34.3 Å². The van der Waals surface area contributed by atoms with E-state index < -0.39 is 0 Å². The molecule has 23 heavy (non-hydrogen) atoms. The van der Waals surface area contributed by atoms with Crippen LogP contribution in [0.15, 0.2) is 66.7 Å². The third-order valence-corrected chi connectivity index (χ3v) is 3.48. The Hall–Kier alpha value is -3.01. The summed E-state index contributed by atoms with van der Waals surface area (Å²) in [6.07, 6.45) is 0. The van der Waals surface area contributed by atoms with Crippen molar-refractivity contribution in [2.45, 2.75) is 0 Å². The summed E-state index contributed by atoms with van der Waals surface area (Å²) in [4.78, 5) is 4.66. The number of pyridine rings is 1. The first kappa shape index (κ1) is 14.9. The maximum absolute atomic E-state index is 5.24. The van der Waals surface area contributed by atoms with Crippen molar-refractivity contribution < 1.29 is 9.47 Å². The Bertz CT molecular complexity index is 785. The second-order valence-electron chi connectivity index (χ2n) is 4.99. The van der Waals surface area contributed by atoms with Crippen LogP contribution in [0.5, 0.6) is 11.5 Å². The van der Waals surface area contributed by atoms with E-state index in [-0.39, 0.29) is 0 Å². The number of hydrogen-bond acceptors (Lipinski definition) is 4. The maximum Gasteiger partial charge on any atom is 0.131 e. The van der Waals surface area contributed by atoms with Crippen LogP contribution in [0, 0.1) is 0 Å². The third-order valence-electron chi connectivity index (χ3n) is 3.48. The molecule has 0 aliphatic rings. The van der Waals surface area contributed by atoms with E-state index in [9.17, 15) is 0 Å². The zero-order chi connectivity index (χ0) is 16.1. The second-order valence-corrected chi connectivity index (χ2v) is 4.99. The smallest absolute Gasteiger partial charge is 0.131 e. The lowest BCUT2D eigenvalue weighted by Gasteiger charge is -2.09. The van der Waals surface area contributed by atoms with Crippen LogP contribution in [-0.4, -0.2) is 19.2 Å². The summed E-state index contributed by atoms with van der Waals surface area (Å²) < 4.78 is 10.4. The average molecular weight is 306 g/mol. The average Bonchev–Trinajstić information content (AvgIpc) is 2.62. The van der Waals surface area contributed by atoms with E-state index in [1.54, 1.807) is 14.2 Å². The van der Waals surface area contributed by atoms with E-state index in [4.69, 9.17) is 9.47 Å². The van der Waals surface area contributed by atoms with Crippen molar-refractivity contribution in [2.24, 2.45) is 0 Å². The van der Waals surface area contributed by atoms with Gasteiger partial charge in [0.25, 0.3) is 0 Å². The molecule has 1 aromatic heterocycles. The number of nitrogens with one attached hydrogen (secondary N) is 1. The van der Waals surface area contributed by atoms with Gasteiger partial charge < -0.3 is 14.8 Å². The lowest BCUT2D eigenvalue weighted by molar-refractivity contribution is 0.415. The Kier molecular flexibility index (Phi) is 4.43. The van der Waals surface area contributed by atoms with Crippen molar-refractivity contribution in [3.05, 3.63) is 66.7 Å². The monoisotopic (exact) mass is 306 g/mol. The minimum Gasteiger partial charge on any atom is -0.497 e. The number of hydrogen-bond donors (Lipinski definition) is 1. The Morgan fingerprint density at radius 1 is 0.783 bits per heavy atom. The normalized spacial score (nSPS) is 10.2. The molecule has 3 rings (SSSR count). The molecule has 0 saturated carbocycles. The summed E-state index contributed by atoms with van der Waals surface area (Å²) in [5.41, 5.74) is 2.88. The SMILES string of the molecule is COc1ccc(-c2cccc(Nc3cccc(OC)c3)n2)cc1. The zero-order valence-corrected chi connectivity index (χ0v) is 13.1. The highest BCUT2D eigenvalue weighted by Gasteiger charge is 2.03. The largest absolute Gasteiger partial charge is 0.497 e. The van der Waals surface area contributed by atoms with Crippen molar-refractivity contribution in [1.29, 1.82) is 0 Å². The Morgan fingerprint density at radius 2 is 1.52 bits per heavy atom. The van der Waals surface area contributed by atoms with Crippen LogP contribution < -0.4 is 14.8 Å². The topological polar surface area (TPSA) is 43.4 Å². The van der Waals surface area contributed by atoms with Crippen LogP contribution in [-0.2, 0) is 0 Å². The van der Waals surface area contributed by atoms with Crippen LogP contribution in [0.4, 0.5) is 11.5 Å². The summed E-state index contributed by atoms with van der Waals surface area (Å²) in [5.74, 6) is 2.42. The lowest BCUT2D eigenvalue weighted by Crippen LogP contribution is -1.95. The van der Waals surface area contributed by atoms with Crippen molar-refractivity contribution in [3.63, 3.8) is 0 Å². The summed E-state index contributed by atoms with van der Waals surface area (Å²) >= 11 is 0. The summed E-state index contributed by atoms with van der Waals surface area (Å²) in [5, 5.41) is 3.30. The van der Waals surface area contributed by atoms with Gasteiger partial charge in [-0.25, -0.2) is 4.98 Å². The molecule has 0 spiro atoms. The van der Waals surface area contributed by atoms with Gasteiger partial charge in [0, 0.05) is 17.3 Å². The highest BCUT2D eigenvalue weighted by Crippen LogP contribution is 2.24. The van der Waals surface area contributed by atoms with Crippen LogP contribution in [0.25, 0.3) is 11.3 Å². The van der Waals surface area contributed by atoms with E-state index >= 15 is 0 Å². The second kappa shape index (κ2) is 6.83. The van der Waals surface area contributed by atoms with Gasteiger partial charge in [-0.15, -0.1) is 0 Å². The van der Waals surface area contributed by atoms with Gasteiger partial charge in [0.15, 0.2) is 0 Å². The number of nitrogens with zero attached hydrogens (tertiary/aromatic N) is 1. The predicted octanol–water partition coefficient (Wildman–Crippen LogP) is 4.51. The molecule has 4 nitrogen and oxygen atoms in total. The Morgan fingerprint density at radius 3 is 2.26 bits per heavy atom. The fourth-order valence-corrected chi connectivity index (χ4v) is 2.28. The van der Waals surface area contributed by atoms with Crippen molar-refractivity contribution in [1.82, 2.24) is 4.98 Å². The quantitative estimate of drug-likeness (QED) is 0.753. The fourth-order valence-electron chi connectivity index (χ4n) is 2.28. The van der Waals surface area contributed by atoms with Gasteiger partial charge in [0.05, 0.1) is 19.9 Å². The molecule has 3 aromatic rings. The first-order valence-electron chi connectivity index (χ1n) is 7.31. The Labute approximate surface area is 135 Å². The molecule has 4 heteroatoms. The van der Waals surface area contributed by atoms with E-state index in [2.05, 4.69) is 10.3 Å². The van der Waals surface area contributed by atoms with Crippen LogP contribution in [0.3, 0.4) is 0 Å². The molecule has 0 saturated heterocycles. The van der Waals surface area contributed by atoms with Crippen molar-refractivity contribution in [2.75, 3.05) is 19.5 Å². The van der Waals surface area contributed by atoms with Crippen molar-refractivity contribution in [3.8, 4) is 22.8 Å². The highest BCUT2D eigenvalue weighted by atomic mass is 16.5. The molecular weight excluding hydrogens is 288 g/mol.